The maximum atomic E-state index is 13.1. The molecule has 1 fully saturated rings. The van der Waals surface area contributed by atoms with Gasteiger partial charge in [0.2, 0.25) is 0 Å². The van der Waals surface area contributed by atoms with Gasteiger partial charge in [-0.25, -0.2) is 0 Å². The summed E-state index contributed by atoms with van der Waals surface area (Å²) < 4.78 is 0. The molecule has 0 spiro atoms. The Labute approximate surface area is 206 Å². The van der Waals surface area contributed by atoms with Crippen LogP contribution in [0.15, 0.2) is 77.8 Å². The molecule has 0 amide bonds. The van der Waals surface area contributed by atoms with Gasteiger partial charge in [-0.1, -0.05) is 73.1 Å². The molecular weight excluding hydrogens is 442 g/mol. The predicted octanol–water partition coefficient (Wildman–Crippen LogP) is 7.71. The molecule has 1 aliphatic rings. The number of Topliss-reactive ketones (excluding diaryl/α,β-unsaturated/α-hetero) is 2. The van der Waals surface area contributed by atoms with Crippen molar-refractivity contribution in [2.45, 2.75) is 51.9 Å². The Morgan fingerprint density at radius 1 is 1.03 bits per heavy atom. The second-order valence-electron chi connectivity index (χ2n) is 9.07. The fraction of sp³-hybridized carbons (Fsp3) is 0.300. The molecule has 2 atom stereocenters. The SMILES string of the molecule is CCC(CC(=O)c1ccc(N=C2CCC(=O)C2Cc2ccccc2)c(Cl)c1)c1ccccc1C. The predicted molar refractivity (Wildman–Crippen MR) is 140 cm³/mol. The van der Waals surface area contributed by atoms with Gasteiger partial charge in [0.1, 0.15) is 5.78 Å². The summed E-state index contributed by atoms with van der Waals surface area (Å²) in [6.07, 6.45) is 3.17. The summed E-state index contributed by atoms with van der Waals surface area (Å²) in [5.41, 5.74) is 5.66. The van der Waals surface area contributed by atoms with Crippen molar-refractivity contribution in [2.24, 2.45) is 10.9 Å². The van der Waals surface area contributed by atoms with E-state index in [1.807, 2.05) is 42.5 Å². The van der Waals surface area contributed by atoms with E-state index in [1.165, 1.54) is 11.1 Å². The number of nitrogens with zero attached hydrogens (tertiary/aromatic N) is 1. The van der Waals surface area contributed by atoms with E-state index in [4.69, 9.17) is 16.6 Å². The van der Waals surface area contributed by atoms with Crippen molar-refractivity contribution in [3.05, 3.63) is 100 Å². The quantitative estimate of drug-likeness (QED) is 0.316. The molecule has 3 aromatic rings. The number of rotatable bonds is 8. The summed E-state index contributed by atoms with van der Waals surface area (Å²) in [4.78, 5) is 30.4. The Bertz CT molecular complexity index is 1220. The highest BCUT2D eigenvalue weighted by Crippen LogP contribution is 2.33. The van der Waals surface area contributed by atoms with Gasteiger partial charge in [0, 0.05) is 24.1 Å². The molecule has 3 nitrogen and oxygen atoms in total. The normalized spacial score (nSPS) is 17.8. The lowest BCUT2D eigenvalue weighted by Gasteiger charge is -2.17. The maximum Gasteiger partial charge on any atom is 0.163 e. The average Bonchev–Trinajstić information content (AvgIpc) is 3.18. The van der Waals surface area contributed by atoms with Gasteiger partial charge in [0.25, 0.3) is 0 Å². The van der Waals surface area contributed by atoms with Crippen molar-refractivity contribution >= 4 is 34.6 Å². The minimum absolute atomic E-state index is 0.0780. The lowest BCUT2D eigenvalue weighted by molar-refractivity contribution is -0.119. The minimum atomic E-state index is -0.209. The molecule has 1 saturated carbocycles. The molecule has 0 aliphatic heterocycles. The van der Waals surface area contributed by atoms with Crippen molar-refractivity contribution in [3.63, 3.8) is 0 Å². The van der Waals surface area contributed by atoms with E-state index in [0.29, 0.717) is 42.0 Å². The highest BCUT2D eigenvalue weighted by Gasteiger charge is 2.31. The van der Waals surface area contributed by atoms with Crippen LogP contribution in [-0.4, -0.2) is 17.3 Å². The van der Waals surface area contributed by atoms with Crippen LogP contribution >= 0.6 is 11.6 Å². The number of halogens is 1. The van der Waals surface area contributed by atoms with Gasteiger partial charge < -0.3 is 0 Å². The molecule has 0 aromatic heterocycles. The highest BCUT2D eigenvalue weighted by molar-refractivity contribution is 6.33. The number of aryl methyl sites for hydroxylation is 1. The van der Waals surface area contributed by atoms with Crippen molar-refractivity contribution in [1.82, 2.24) is 0 Å². The molecule has 4 heteroatoms. The zero-order valence-electron chi connectivity index (χ0n) is 19.8. The van der Waals surface area contributed by atoms with Crippen molar-refractivity contribution in [2.75, 3.05) is 0 Å². The zero-order valence-corrected chi connectivity index (χ0v) is 20.5. The number of ketones is 2. The van der Waals surface area contributed by atoms with Gasteiger partial charge in [-0.2, -0.15) is 0 Å². The molecule has 0 N–H and O–H groups in total. The third-order valence-corrected chi connectivity index (χ3v) is 7.09. The summed E-state index contributed by atoms with van der Waals surface area (Å²) in [5.74, 6) is 0.274. The third kappa shape index (κ3) is 5.53. The number of benzene rings is 3. The molecule has 0 saturated heterocycles. The Morgan fingerprint density at radius 3 is 2.47 bits per heavy atom. The van der Waals surface area contributed by atoms with Crippen LogP contribution in [0.4, 0.5) is 5.69 Å². The van der Waals surface area contributed by atoms with E-state index in [-0.39, 0.29) is 23.4 Å². The first-order valence-electron chi connectivity index (χ1n) is 12.0. The molecule has 0 radical (unpaired) electrons. The van der Waals surface area contributed by atoms with Crippen LogP contribution < -0.4 is 0 Å². The number of hydrogen-bond acceptors (Lipinski definition) is 3. The Balaban J connectivity index is 1.51. The van der Waals surface area contributed by atoms with E-state index in [1.54, 1.807) is 18.2 Å². The lowest BCUT2D eigenvalue weighted by Crippen LogP contribution is -2.17. The minimum Gasteiger partial charge on any atom is -0.299 e. The van der Waals surface area contributed by atoms with E-state index in [2.05, 4.69) is 26.0 Å². The fourth-order valence-corrected chi connectivity index (χ4v) is 5.01. The molecule has 0 heterocycles. The van der Waals surface area contributed by atoms with Crippen LogP contribution in [0.2, 0.25) is 5.02 Å². The van der Waals surface area contributed by atoms with Gasteiger partial charge in [0.15, 0.2) is 5.78 Å². The van der Waals surface area contributed by atoms with Crippen LogP contribution in [0, 0.1) is 12.8 Å². The second-order valence-corrected chi connectivity index (χ2v) is 9.47. The van der Waals surface area contributed by atoms with Gasteiger partial charge in [-0.05, 0) is 67.0 Å². The molecule has 174 valence electrons. The van der Waals surface area contributed by atoms with Crippen LogP contribution in [0.1, 0.15) is 65.6 Å². The van der Waals surface area contributed by atoms with Crippen LogP contribution in [-0.2, 0) is 11.2 Å². The fourth-order valence-electron chi connectivity index (χ4n) is 4.79. The second kappa shape index (κ2) is 10.9. The Kier molecular flexibility index (Phi) is 7.74. The van der Waals surface area contributed by atoms with Gasteiger partial charge >= 0.3 is 0 Å². The lowest BCUT2D eigenvalue weighted by atomic mass is 9.87. The summed E-state index contributed by atoms with van der Waals surface area (Å²) >= 11 is 6.56. The van der Waals surface area contributed by atoms with Gasteiger partial charge in [-0.3, -0.25) is 14.6 Å². The molecule has 3 aromatic carbocycles. The number of hydrogen-bond donors (Lipinski definition) is 0. The van der Waals surface area contributed by atoms with Crippen LogP contribution in [0.25, 0.3) is 0 Å². The first kappa shape index (κ1) is 24.1. The monoisotopic (exact) mass is 471 g/mol. The van der Waals surface area contributed by atoms with Crippen LogP contribution in [0.3, 0.4) is 0 Å². The van der Waals surface area contributed by atoms with Gasteiger partial charge in [0.05, 0.1) is 16.6 Å². The smallest absolute Gasteiger partial charge is 0.163 e. The van der Waals surface area contributed by atoms with E-state index in [0.717, 1.165) is 17.7 Å². The molecule has 1 aliphatic carbocycles. The molecule has 2 unspecified atom stereocenters. The standard InChI is InChI=1S/C30H30ClNO2/c1-3-22(24-12-8-7-9-20(24)2)19-30(34)23-13-14-28(26(31)18-23)32-27-15-16-29(33)25(27)17-21-10-5-4-6-11-21/h4-14,18,22,25H,3,15-17,19H2,1-2H3. The summed E-state index contributed by atoms with van der Waals surface area (Å²) in [7, 11) is 0. The number of aliphatic imine (C=N–C) groups is 1. The van der Waals surface area contributed by atoms with Gasteiger partial charge in [-0.15, -0.1) is 0 Å². The van der Waals surface area contributed by atoms with Crippen LogP contribution in [0.5, 0.6) is 0 Å². The Hall–Kier alpha value is -3.04. The van der Waals surface area contributed by atoms with E-state index < -0.39 is 0 Å². The third-order valence-electron chi connectivity index (χ3n) is 6.79. The highest BCUT2D eigenvalue weighted by atomic mass is 35.5. The zero-order chi connectivity index (χ0) is 24.1. The molecular formula is C30H30ClNO2. The topological polar surface area (TPSA) is 46.5 Å². The maximum absolute atomic E-state index is 13.1. The van der Waals surface area contributed by atoms with E-state index in [9.17, 15) is 9.59 Å². The molecule has 34 heavy (non-hydrogen) atoms. The molecule has 4 rings (SSSR count). The first-order chi connectivity index (χ1) is 16.5. The summed E-state index contributed by atoms with van der Waals surface area (Å²) in [6, 6.07) is 23.6. The largest absolute Gasteiger partial charge is 0.299 e. The Morgan fingerprint density at radius 2 is 1.76 bits per heavy atom. The first-order valence-corrected chi connectivity index (χ1v) is 12.4. The van der Waals surface area contributed by atoms with Crippen molar-refractivity contribution < 1.29 is 9.59 Å². The number of carbonyl (C=O) groups excluding carboxylic acids is 2. The average molecular weight is 472 g/mol. The van der Waals surface area contributed by atoms with Crippen molar-refractivity contribution in [3.8, 4) is 0 Å². The van der Waals surface area contributed by atoms with E-state index >= 15 is 0 Å². The summed E-state index contributed by atoms with van der Waals surface area (Å²) in [5, 5.41) is 0.445. The number of carbonyl (C=O) groups is 2. The molecule has 0 bridgehead atoms. The van der Waals surface area contributed by atoms with Crippen molar-refractivity contribution in [1.29, 1.82) is 0 Å². The summed E-state index contributed by atoms with van der Waals surface area (Å²) in [6.45, 7) is 4.21.